The van der Waals surface area contributed by atoms with E-state index < -0.39 is 20.0 Å². The number of sulfonamides is 2. The highest BCUT2D eigenvalue weighted by Gasteiger charge is 2.20. The van der Waals surface area contributed by atoms with Crippen LogP contribution in [0.1, 0.15) is 36.8 Å². The summed E-state index contributed by atoms with van der Waals surface area (Å²) in [5.74, 6) is 0. The predicted molar refractivity (Wildman–Crippen MR) is 116 cm³/mol. The zero-order valence-corrected chi connectivity index (χ0v) is 18.4. The van der Waals surface area contributed by atoms with Crippen molar-refractivity contribution in [3.63, 3.8) is 0 Å². The number of aryl methyl sites for hydroxylation is 2. The Morgan fingerprint density at radius 1 is 0.633 bits per heavy atom. The van der Waals surface area contributed by atoms with Crippen molar-refractivity contribution in [2.24, 2.45) is 10.2 Å². The van der Waals surface area contributed by atoms with Gasteiger partial charge in [0.2, 0.25) is 0 Å². The van der Waals surface area contributed by atoms with Crippen LogP contribution in [-0.4, -0.2) is 28.3 Å². The van der Waals surface area contributed by atoms with Gasteiger partial charge in [-0.25, -0.2) is 0 Å². The van der Waals surface area contributed by atoms with Crippen molar-refractivity contribution in [3.05, 3.63) is 59.7 Å². The third kappa shape index (κ3) is 5.45. The van der Waals surface area contributed by atoms with Crippen LogP contribution in [-0.2, 0) is 20.0 Å². The number of hydrogen-bond acceptors (Lipinski definition) is 6. The van der Waals surface area contributed by atoms with Crippen molar-refractivity contribution < 1.29 is 16.8 Å². The molecule has 0 bridgehead atoms. The molecule has 0 aliphatic heterocycles. The van der Waals surface area contributed by atoms with Crippen LogP contribution >= 0.6 is 0 Å². The Labute approximate surface area is 177 Å². The fraction of sp³-hybridized carbons (Fsp3) is 0.300. The van der Waals surface area contributed by atoms with Crippen LogP contribution < -0.4 is 9.66 Å². The first-order valence-electron chi connectivity index (χ1n) is 9.48. The second kappa shape index (κ2) is 8.97. The molecule has 0 saturated heterocycles. The molecule has 2 aromatic carbocycles. The van der Waals surface area contributed by atoms with Gasteiger partial charge in [-0.3, -0.25) is 0 Å². The van der Waals surface area contributed by atoms with Crippen molar-refractivity contribution in [2.45, 2.75) is 49.3 Å². The smallest absolute Gasteiger partial charge is 0.200 e. The average molecular weight is 449 g/mol. The standard InChI is InChI=1S/C20H24N4O4S2/c1-15-7-11-17(12-8-15)29(25,26)23-21-19-5-3-4-6-20(19)22-24-30(27,28)18-13-9-16(2)10-14-18/h7-14,23-24H,3-6H2,1-2H3/b21-19+,22-20+. The second-order valence-electron chi connectivity index (χ2n) is 7.14. The maximum Gasteiger partial charge on any atom is 0.276 e. The molecule has 0 unspecified atom stereocenters. The summed E-state index contributed by atoms with van der Waals surface area (Å²) in [4.78, 5) is 4.67. The van der Waals surface area contributed by atoms with Crippen molar-refractivity contribution in [1.29, 1.82) is 0 Å². The predicted octanol–water partition coefficient (Wildman–Crippen LogP) is 2.85. The number of benzene rings is 2. The lowest BCUT2D eigenvalue weighted by Gasteiger charge is -2.16. The minimum Gasteiger partial charge on any atom is -0.200 e. The number of hydrogen-bond donors (Lipinski definition) is 2. The first-order chi connectivity index (χ1) is 14.2. The number of rotatable bonds is 6. The number of hydrazone groups is 2. The van der Waals surface area contributed by atoms with Crippen molar-refractivity contribution in [2.75, 3.05) is 0 Å². The van der Waals surface area contributed by atoms with Gasteiger partial charge in [0.25, 0.3) is 20.0 Å². The molecule has 3 rings (SSSR count). The summed E-state index contributed by atoms with van der Waals surface area (Å²) >= 11 is 0. The second-order valence-corrected chi connectivity index (χ2v) is 10.5. The van der Waals surface area contributed by atoms with E-state index in [1.165, 1.54) is 24.3 Å². The average Bonchev–Trinajstić information content (AvgIpc) is 2.72. The van der Waals surface area contributed by atoms with Gasteiger partial charge in [-0.15, -0.1) is 0 Å². The lowest BCUT2D eigenvalue weighted by atomic mass is 9.96. The summed E-state index contributed by atoms with van der Waals surface area (Å²) in [6.45, 7) is 3.74. The molecule has 0 amide bonds. The lowest BCUT2D eigenvalue weighted by Crippen LogP contribution is -2.29. The summed E-state index contributed by atoms with van der Waals surface area (Å²) in [7, 11) is -7.64. The Bertz CT molecular complexity index is 1070. The van der Waals surface area contributed by atoms with E-state index in [4.69, 9.17) is 0 Å². The molecule has 1 saturated carbocycles. The first kappa shape index (κ1) is 22.0. The Morgan fingerprint density at radius 2 is 0.967 bits per heavy atom. The normalized spacial score (nSPS) is 17.8. The van der Waals surface area contributed by atoms with Crippen molar-refractivity contribution >= 4 is 31.5 Å². The first-order valence-corrected chi connectivity index (χ1v) is 12.4. The molecule has 160 valence electrons. The maximum atomic E-state index is 12.5. The van der Waals surface area contributed by atoms with Crippen LogP contribution in [0.2, 0.25) is 0 Å². The molecule has 10 heteroatoms. The van der Waals surface area contributed by atoms with Crippen molar-refractivity contribution in [1.82, 2.24) is 9.66 Å². The molecular weight excluding hydrogens is 424 g/mol. The summed E-state index contributed by atoms with van der Waals surface area (Å²) in [6, 6.07) is 12.8. The van der Waals surface area contributed by atoms with Gasteiger partial charge in [0.1, 0.15) is 0 Å². The zero-order chi connectivity index (χ0) is 21.8. The summed E-state index contributed by atoms with van der Waals surface area (Å²) in [5.41, 5.74) is 2.73. The van der Waals surface area contributed by atoms with Crippen LogP contribution in [0.5, 0.6) is 0 Å². The molecule has 8 nitrogen and oxygen atoms in total. The lowest BCUT2D eigenvalue weighted by molar-refractivity contribution is 0.581. The molecule has 0 radical (unpaired) electrons. The molecule has 2 N–H and O–H groups in total. The molecule has 0 atom stereocenters. The highest BCUT2D eigenvalue weighted by molar-refractivity contribution is 7.89. The van der Waals surface area contributed by atoms with E-state index in [0.29, 0.717) is 24.3 Å². The van der Waals surface area contributed by atoms with E-state index in [1.807, 2.05) is 13.8 Å². The van der Waals surface area contributed by atoms with Crippen LogP contribution in [0.25, 0.3) is 0 Å². The summed E-state index contributed by atoms with van der Waals surface area (Å²) in [6.07, 6.45) is 2.63. The third-order valence-electron chi connectivity index (χ3n) is 4.67. The van der Waals surface area contributed by atoms with E-state index in [2.05, 4.69) is 19.9 Å². The Morgan fingerprint density at radius 3 is 1.30 bits per heavy atom. The van der Waals surface area contributed by atoms with Crippen LogP contribution in [0.15, 0.2) is 68.5 Å². The Balaban J connectivity index is 1.78. The minimum atomic E-state index is -3.82. The van der Waals surface area contributed by atoms with E-state index >= 15 is 0 Å². The molecule has 0 aromatic heterocycles. The van der Waals surface area contributed by atoms with Gasteiger partial charge in [0.05, 0.1) is 21.2 Å². The van der Waals surface area contributed by atoms with E-state index in [1.54, 1.807) is 24.3 Å². The van der Waals surface area contributed by atoms with E-state index in [0.717, 1.165) is 24.0 Å². The van der Waals surface area contributed by atoms with Crippen LogP contribution in [0, 0.1) is 13.8 Å². The maximum absolute atomic E-state index is 12.5. The Kier molecular flexibility index (Phi) is 6.57. The molecule has 1 fully saturated rings. The van der Waals surface area contributed by atoms with Gasteiger partial charge in [-0.2, -0.15) is 36.7 Å². The highest BCUT2D eigenvalue weighted by atomic mass is 32.2. The molecule has 0 spiro atoms. The number of nitrogens with one attached hydrogen (secondary N) is 2. The Hall–Kier alpha value is -2.72. The van der Waals surface area contributed by atoms with E-state index in [-0.39, 0.29) is 9.79 Å². The van der Waals surface area contributed by atoms with Crippen molar-refractivity contribution in [3.8, 4) is 0 Å². The van der Waals surface area contributed by atoms with Crippen LogP contribution in [0.4, 0.5) is 0 Å². The molecule has 0 heterocycles. The summed E-state index contributed by atoms with van der Waals surface area (Å²) < 4.78 is 49.8. The minimum absolute atomic E-state index is 0.104. The topological polar surface area (TPSA) is 117 Å². The molecule has 1 aliphatic carbocycles. The monoisotopic (exact) mass is 448 g/mol. The molecule has 2 aromatic rings. The van der Waals surface area contributed by atoms with Gasteiger partial charge in [-0.1, -0.05) is 35.4 Å². The molecular formula is C20H24N4O4S2. The van der Waals surface area contributed by atoms with Gasteiger partial charge >= 0.3 is 0 Å². The third-order valence-corrected chi connectivity index (χ3v) is 7.12. The SMILES string of the molecule is Cc1ccc(S(=O)(=O)N/N=C2\CCCC\C2=N/NS(=O)(=O)c2ccc(C)cc2)cc1. The highest BCUT2D eigenvalue weighted by Crippen LogP contribution is 2.16. The fourth-order valence-corrected chi connectivity index (χ4v) is 4.55. The van der Waals surface area contributed by atoms with E-state index in [9.17, 15) is 16.8 Å². The fourth-order valence-electron chi connectivity index (χ4n) is 2.88. The van der Waals surface area contributed by atoms with Crippen LogP contribution in [0.3, 0.4) is 0 Å². The molecule has 1 aliphatic rings. The number of nitrogens with zero attached hydrogens (tertiary/aromatic N) is 2. The van der Waals surface area contributed by atoms with Gasteiger partial charge in [0, 0.05) is 0 Å². The quantitative estimate of drug-likeness (QED) is 0.661. The van der Waals surface area contributed by atoms with Gasteiger partial charge in [0.15, 0.2) is 0 Å². The summed E-state index contributed by atoms with van der Waals surface area (Å²) in [5, 5.41) is 8.07. The molecule has 30 heavy (non-hydrogen) atoms. The zero-order valence-electron chi connectivity index (χ0n) is 16.8. The van der Waals surface area contributed by atoms with Gasteiger partial charge < -0.3 is 0 Å². The van der Waals surface area contributed by atoms with Gasteiger partial charge in [-0.05, 0) is 63.8 Å². The largest absolute Gasteiger partial charge is 0.276 e.